The van der Waals surface area contributed by atoms with Crippen molar-refractivity contribution in [1.82, 2.24) is 0 Å². The summed E-state index contributed by atoms with van der Waals surface area (Å²) in [6.45, 7) is 0. The molecule has 0 bridgehead atoms. The van der Waals surface area contributed by atoms with E-state index in [1.807, 2.05) is 0 Å². The molecule has 106 valence electrons. The van der Waals surface area contributed by atoms with Gasteiger partial charge in [-0.25, -0.2) is 0 Å². The van der Waals surface area contributed by atoms with Crippen molar-refractivity contribution in [2.24, 2.45) is 0 Å². The van der Waals surface area contributed by atoms with E-state index in [0.717, 1.165) is 0 Å². The Balaban J connectivity index is 2.19. The first kappa shape index (κ1) is 14.3. The molecule has 2 aromatic carbocycles. The lowest BCUT2D eigenvalue weighted by Crippen LogP contribution is -2.17. The van der Waals surface area contributed by atoms with E-state index >= 15 is 0 Å². The number of hydrogen-bond donors (Lipinski definition) is 2. The fraction of sp³-hybridized carbons (Fsp3) is 0.0769. The Morgan fingerprint density at radius 2 is 1.85 bits per heavy atom. The quantitative estimate of drug-likeness (QED) is 0.817. The van der Waals surface area contributed by atoms with Gasteiger partial charge in [0, 0.05) is 17.4 Å². The van der Waals surface area contributed by atoms with Gasteiger partial charge in [-0.05, 0) is 30.3 Å². The summed E-state index contributed by atoms with van der Waals surface area (Å²) in [5.41, 5.74) is 7.00. The van der Waals surface area contributed by atoms with E-state index in [1.165, 1.54) is 18.2 Å². The van der Waals surface area contributed by atoms with Crippen LogP contribution in [-0.4, -0.2) is 6.36 Å². The molecule has 2 rings (SSSR count). The number of ether oxygens (including phenoxy) is 1. The molecular formula is C13H10ClF3N2O. The lowest BCUT2D eigenvalue weighted by atomic mass is 10.2. The zero-order valence-electron chi connectivity index (χ0n) is 10.0. The number of rotatable bonds is 3. The second-order valence-corrected chi connectivity index (χ2v) is 4.35. The smallest absolute Gasteiger partial charge is 0.406 e. The summed E-state index contributed by atoms with van der Waals surface area (Å²) in [4.78, 5) is 0. The summed E-state index contributed by atoms with van der Waals surface area (Å²) < 4.78 is 40.2. The van der Waals surface area contributed by atoms with Gasteiger partial charge in [0.15, 0.2) is 0 Å². The summed E-state index contributed by atoms with van der Waals surface area (Å²) in [6.07, 6.45) is -4.72. The van der Waals surface area contributed by atoms with Gasteiger partial charge in [0.25, 0.3) is 0 Å². The van der Waals surface area contributed by atoms with Crippen LogP contribution in [0.1, 0.15) is 0 Å². The first-order chi connectivity index (χ1) is 9.33. The number of nitrogen functional groups attached to an aromatic ring is 1. The number of halogens is 4. The molecule has 3 nitrogen and oxygen atoms in total. The van der Waals surface area contributed by atoms with Crippen LogP contribution in [0.25, 0.3) is 0 Å². The maximum atomic E-state index is 12.1. The monoisotopic (exact) mass is 302 g/mol. The minimum atomic E-state index is -4.72. The van der Waals surface area contributed by atoms with Crippen LogP contribution in [0.15, 0.2) is 42.5 Å². The molecule has 0 fully saturated rings. The van der Waals surface area contributed by atoms with Crippen molar-refractivity contribution in [2.45, 2.75) is 6.36 Å². The molecule has 0 heterocycles. The van der Waals surface area contributed by atoms with E-state index < -0.39 is 6.36 Å². The van der Waals surface area contributed by atoms with Crippen molar-refractivity contribution < 1.29 is 17.9 Å². The Bertz CT molecular complexity index is 617. The van der Waals surface area contributed by atoms with Gasteiger partial charge in [0.1, 0.15) is 5.75 Å². The maximum Gasteiger partial charge on any atom is 0.573 e. The Morgan fingerprint density at radius 3 is 2.50 bits per heavy atom. The van der Waals surface area contributed by atoms with Crippen LogP contribution in [0.5, 0.6) is 5.75 Å². The number of nitrogens with one attached hydrogen (secondary N) is 1. The lowest BCUT2D eigenvalue weighted by Gasteiger charge is -2.12. The summed E-state index contributed by atoms with van der Waals surface area (Å²) in [7, 11) is 0. The molecule has 0 atom stereocenters. The van der Waals surface area contributed by atoms with Gasteiger partial charge >= 0.3 is 6.36 Å². The molecule has 0 aliphatic carbocycles. The van der Waals surface area contributed by atoms with Crippen molar-refractivity contribution in [3.63, 3.8) is 0 Å². The number of anilines is 3. The van der Waals surface area contributed by atoms with Gasteiger partial charge in [0.2, 0.25) is 0 Å². The first-order valence-electron chi connectivity index (χ1n) is 5.51. The molecule has 3 N–H and O–H groups in total. The molecule has 7 heteroatoms. The third-order valence-corrected chi connectivity index (χ3v) is 2.65. The summed E-state index contributed by atoms with van der Waals surface area (Å²) in [5, 5.41) is 3.26. The molecule has 0 amide bonds. The second kappa shape index (κ2) is 5.50. The average molecular weight is 303 g/mol. The summed E-state index contributed by atoms with van der Waals surface area (Å²) in [6, 6.07) is 10.3. The molecule has 0 spiro atoms. The van der Waals surface area contributed by atoms with Crippen LogP contribution >= 0.6 is 11.6 Å². The Morgan fingerprint density at radius 1 is 1.10 bits per heavy atom. The molecule has 0 unspecified atom stereocenters. The highest BCUT2D eigenvalue weighted by atomic mass is 35.5. The van der Waals surface area contributed by atoms with Crippen molar-refractivity contribution in [2.75, 3.05) is 11.1 Å². The maximum absolute atomic E-state index is 12.1. The van der Waals surface area contributed by atoms with Crippen molar-refractivity contribution in [3.8, 4) is 5.75 Å². The predicted molar refractivity (Wildman–Crippen MR) is 72.3 cm³/mol. The zero-order valence-corrected chi connectivity index (χ0v) is 10.8. The third-order valence-electron chi connectivity index (χ3n) is 2.34. The lowest BCUT2D eigenvalue weighted by molar-refractivity contribution is -0.274. The van der Waals surface area contributed by atoms with E-state index in [4.69, 9.17) is 17.3 Å². The molecule has 20 heavy (non-hydrogen) atoms. The highest BCUT2D eigenvalue weighted by Crippen LogP contribution is 2.30. The van der Waals surface area contributed by atoms with E-state index in [0.29, 0.717) is 22.1 Å². The number of nitrogens with two attached hydrogens (primary N) is 1. The SMILES string of the molecule is Nc1ccc(Nc2cccc(OC(F)(F)F)c2)c(Cl)c1. The van der Waals surface area contributed by atoms with E-state index in [9.17, 15) is 13.2 Å². The van der Waals surface area contributed by atoms with Crippen LogP contribution in [0.4, 0.5) is 30.2 Å². The predicted octanol–water partition coefficient (Wildman–Crippen LogP) is 4.56. The average Bonchev–Trinajstić information content (AvgIpc) is 2.31. The number of alkyl halides is 3. The van der Waals surface area contributed by atoms with E-state index in [1.54, 1.807) is 24.3 Å². The molecule has 2 aromatic rings. The van der Waals surface area contributed by atoms with Crippen LogP contribution in [0, 0.1) is 0 Å². The number of benzene rings is 2. The van der Waals surface area contributed by atoms with Crippen LogP contribution in [0.3, 0.4) is 0 Å². The van der Waals surface area contributed by atoms with Crippen LogP contribution in [-0.2, 0) is 0 Å². The summed E-state index contributed by atoms with van der Waals surface area (Å²) >= 11 is 5.97. The molecular weight excluding hydrogens is 293 g/mol. The van der Waals surface area contributed by atoms with Crippen molar-refractivity contribution in [1.29, 1.82) is 0 Å². The van der Waals surface area contributed by atoms with Gasteiger partial charge in [-0.1, -0.05) is 17.7 Å². The van der Waals surface area contributed by atoms with Crippen molar-refractivity contribution >= 4 is 28.7 Å². The molecule has 0 saturated heterocycles. The van der Waals surface area contributed by atoms with Gasteiger partial charge in [-0.2, -0.15) is 0 Å². The van der Waals surface area contributed by atoms with Gasteiger partial charge in [0.05, 0.1) is 10.7 Å². The highest BCUT2D eigenvalue weighted by molar-refractivity contribution is 6.33. The van der Waals surface area contributed by atoms with Crippen molar-refractivity contribution in [3.05, 3.63) is 47.5 Å². The Kier molecular flexibility index (Phi) is 3.94. The molecule has 0 aliphatic heterocycles. The van der Waals surface area contributed by atoms with Gasteiger partial charge < -0.3 is 15.8 Å². The fourth-order valence-electron chi connectivity index (χ4n) is 1.56. The van der Waals surface area contributed by atoms with E-state index in [2.05, 4.69) is 10.1 Å². The topological polar surface area (TPSA) is 47.3 Å². The summed E-state index contributed by atoms with van der Waals surface area (Å²) in [5.74, 6) is -0.311. The van der Waals surface area contributed by atoms with E-state index in [-0.39, 0.29) is 5.75 Å². The molecule has 0 aromatic heterocycles. The Labute approximate surface area is 118 Å². The normalized spacial score (nSPS) is 11.2. The Hall–Kier alpha value is -2.08. The minimum Gasteiger partial charge on any atom is -0.406 e. The highest BCUT2D eigenvalue weighted by Gasteiger charge is 2.31. The van der Waals surface area contributed by atoms with Crippen LogP contribution in [0.2, 0.25) is 5.02 Å². The first-order valence-corrected chi connectivity index (χ1v) is 5.89. The second-order valence-electron chi connectivity index (χ2n) is 3.94. The standard InChI is InChI=1S/C13H10ClF3N2O/c14-11-6-8(18)4-5-12(11)19-9-2-1-3-10(7-9)20-13(15,16)17/h1-7,19H,18H2. The zero-order chi connectivity index (χ0) is 14.8. The van der Waals surface area contributed by atoms with Crippen LogP contribution < -0.4 is 15.8 Å². The molecule has 0 saturated carbocycles. The molecule has 0 aliphatic rings. The third kappa shape index (κ3) is 3.96. The van der Waals surface area contributed by atoms with Gasteiger partial charge in [-0.3, -0.25) is 0 Å². The number of hydrogen-bond acceptors (Lipinski definition) is 3. The van der Waals surface area contributed by atoms with Gasteiger partial charge in [-0.15, -0.1) is 13.2 Å². The fourth-order valence-corrected chi connectivity index (χ4v) is 1.80. The largest absolute Gasteiger partial charge is 0.573 e. The minimum absolute atomic E-state index is 0.311. The molecule has 0 radical (unpaired) electrons.